The lowest BCUT2D eigenvalue weighted by Crippen LogP contribution is -2.46. The van der Waals surface area contributed by atoms with Crippen molar-refractivity contribution in [2.24, 2.45) is 0 Å². The zero-order chi connectivity index (χ0) is 37.5. The van der Waals surface area contributed by atoms with Gasteiger partial charge in [0.1, 0.15) is 0 Å². The molecule has 0 radical (unpaired) electrons. The Morgan fingerprint density at radius 1 is 0.792 bits per heavy atom. The number of benzene rings is 3. The van der Waals surface area contributed by atoms with Crippen molar-refractivity contribution >= 4 is 35.0 Å². The third-order valence-electron chi connectivity index (χ3n) is 9.54. The minimum absolute atomic E-state index is 0.0261. The number of carbonyl (C=O) groups is 4. The van der Waals surface area contributed by atoms with Crippen LogP contribution in [-0.2, 0) is 17.5 Å². The van der Waals surface area contributed by atoms with E-state index in [0.717, 1.165) is 50.2 Å². The molecule has 53 heavy (non-hydrogen) atoms. The summed E-state index contributed by atoms with van der Waals surface area (Å²) in [6.07, 6.45) is 1.52. The predicted octanol–water partition coefficient (Wildman–Crippen LogP) is 6.68. The number of anilines is 2. The molecular formula is C40H41F3N6O4. The molecule has 2 aliphatic heterocycles. The van der Waals surface area contributed by atoms with Gasteiger partial charge in [0.25, 0.3) is 17.7 Å². The highest BCUT2D eigenvalue weighted by Gasteiger charge is 2.30. The van der Waals surface area contributed by atoms with Gasteiger partial charge in [-0.1, -0.05) is 18.2 Å². The van der Waals surface area contributed by atoms with Crippen molar-refractivity contribution in [3.63, 3.8) is 0 Å². The lowest BCUT2D eigenvalue weighted by molar-refractivity contribution is -0.137. The summed E-state index contributed by atoms with van der Waals surface area (Å²) >= 11 is 0. The Balaban J connectivity index is 1.21. The number of rotatable bonds is 9. The van der Waals surface area contributed by atoms with Crippen molar-refractivity contribution in [1.29, 1.82) is 0 Å². The zero-order valence-electron chi connectivity index (χ0n) is 29.3. The van der Waals surface area contributed by atoms with Crippen LogP contribution in [0, 0.1) is 0 Å². The van der Waals surface area contributed by atoms with Gasteiger partial charge in [-0.25, -0.2) is 0 Å². The molecule has 2 fully saturated rings. The summed E-state index contributed by atoms with van der Waals surface area (Å²) in [5, 5.41) is 8.58. The van der Waals surface area contributed by atoms with E-state index < -0.39 is 23.6 Å². The van der Waals surface area contributed by atoms with Gasteiger partial charge >= 0.3 is 6.18 Å². The number of aromatic nitrogens is 1. The van der Waals surface area contributed by atoms with Gasteiger partial charge in [-0.3, -0.25) is 24.2 Å². The monoisotopic (exact) mass is 726 g/mol. The van der Waals surface area contributed by atoms with E-state index in [4.69, 9.17) is 0 Å². The van der Waals surface area contributed by atoms with E-state index >= 15 is 0 Å². The van der Waals surface area contributed by atoms with Gasteiger partial charge in [0, 0.05) is 79.8 Å². The number of nitrogens with one attached hydrogen (secondary N) is 3. The van der Waals surface area contributed by atoms with Gasteiger partial charge in [-0.05, 0) is 98.3 Å². The molecule has 0 aliphatic carbocycles. The van der Waals surface area contributed by atoms with Crippen LogP contribution < -0.4 is 20.9 Å². The van der Waals surface area contributed by atoms with Gasteiger partial charge in [0.15, 0.2) is 0 Å². The quantitative estimate of drug-likeness (QED) is 0.177. The van der Waals surface area contributed by atoms with Crippen molar-refractivity contribution in [2.45, 2.75) is 57.8 Å². The Kier molecular flexibility index (Phi) is 11.4. The molecule has 2 aliphatic rings. The number of halogens is 3. The Bertz CT molecular complexity index is 1990. The highest BCUT2D eigenvalue weighted by molar-refractivity contribution is 6.08. The molecule has 1 aromatic heterocycles. The molecule has 13 heteroatoms. The van der Waals surface area contributed by atoms with E-state index in [0.29, 0.717) is 54.0 Å². The molecule has 3 N–H and O–H groups in total. The number of hydrogen-bond acceptors (Lipinski definition) is 6. The van der Waals surface area contributed by atoms with Gasteiger partial charge < -0.3 is 25.8 Å². The second-order valence-corrected chi connectivity index (χ2v) is 13.4. The summed E-state index contributed by atoms with van der Waals surface area (Å²) in [5.74, 6) is -1.23. The molecule has 0 bridgehead atoms. The van der Waals surface area contributed by atoms with Gasteiger partial charge in [0.2, 0.25) is 5.91 Å². The van der Waals surface area contributed by atoms with E-state index in [1.807, 2.05) is 12.1 Å². The molecular weight excluding hydrogens is 685 g/mol. The van der Waals surface area contributed by atoms with Crippen molar-refractivity contribution in [3.05, 3.63) is 113 Å². The summed E-state index contributed by atoms with van der Waals surface area (Å²) in [6, 6.07) is 20.1. The second kappa shape index (κ2) is 16.3. The van der Waals surface area contributed by atoms with Crippen LogP contribution >= 0.6 is 0 Å². The van der Waals surface area contributed by atoms with E-state index in [1.165, 1.54) is 31.3 Å². The van der Waals surface area contributed by atoms with Crippen LogP contribution in [0.2, 0.25) is 0 Å². The van der Waals surface area contributed by atoms with Crippen molar-refractivity contribution < 1.29 is 32.3 Å². The van der Waals surface area contributed by atoms with E-state index in [9.17, 15) is 32.3 Å². The standard InChI is InChI=1S/C40H41F3N6O4/c1-26(50)46-32-14-19-49(20-15-32)39(53)30-9-6-8-28(22-30)38(52)47-35-12-11-33(48-17-3-2-4-18-48)24-34(35)36-23-29(13-16-44-36)37(51)45-25-27-7-5-10-31(21-27)40(41,42)43/h5-13,16,21-24,32H,2-4,14-15,17-20,25H2,1H3,(H,45,51)(H,46,50)(H,47,52). The first-order chi connectivity index (χ1) is 25.4. The summed E-state index contributed by atoms with van der Waals surface area (Å²) in [7, 11) is 0. The number of amides is 4. The van der Waals surface area contributed by atoms with Crippen LogP contribution in [0.15, 0.2) is 85.1 Å². The number of hydrogen-bond donors (Lipinski definition) is 3. The zero-order valence-corrected chi connectivity index (χ0v) is 29.3. The summed E-state index contributed by atoms with van der Waals surface area (Å²) in [4.78, 5) is 60.3. The molecule has 0 atom stereocenters. The van der Waals surface area contributed by atoms with Crippen molar-refractivity contribution in [2.75, 3.05) is 36.4 Å². The Morgan fingerprint density at radius 2 is 1.51 bits per heavy atom. The fourth-order valence-corrected chi connectivity index (χ4v) is 6.75. The van der Waals surface area contributed by atoms with Crippen LogP contribution in [-0.4, -0.2) is 65.7 Å². The summed E-state index contributed by atoms with van der Waals surface area (Å²) in [6.45, 7) is 4.10. The largest absolute Gasteiger partial charge is 0.416 e. The van der Waals surface area contributed by atoms with Gasteiger partial charge in [-0.15, -0.1) is 0 Å². The fourth-order valence-electron chi connectivity index (χ4n) is 6.75. The SMILES string of the molecule is CC(=O)NC1CCN(C(=O)c2cccc(C(=O)Nc3ccc(N4CCCCC4)cc3-c3cc(C(=O)NCc4cccc(C(F)(F)F)c4)ccn3)c2)CC1. The number of piperidine rings is 2. The number of nitrogens with zero attached hydrogens (tertiary/aromatic N) is 3. The lowest BCUT2D eigenvalue weighted by Gasteiger charge is -2.32. The first-order valence-electron chi connectivity index (χ1n) is 17.7. The first kappa shape index (κ1) is 37.1. The van der Waals surface area contributed by atoms with Crippen LogP contribution in [0.3, 0.4) is 0 Å². The molecule has 2 saturated heterocycles. The molecule has 0 saturated carbocycles. The Labute approximate surface area is 305 Å². The molecule has 4 aromatic rings. The number of pyridine rings is 1. The molecule has 3 heterocycles. The highest BCUT2D eigenvalue weighted by Crippen LogP contribution is 2.34. The van der Waals surface area contributed by atoms with Crippen molar-refractivity contribution in [3.8, 4) is 11.3 Å². The third-order valence-corrected chi connectivity index (χ3v) is 9.54. The predicted molar refractivity (Wildman–Crippen MR) is 195 cm³/mol. The van der Waals surface area contributed by atoms with E-state index in [2.05, 4.69) is 25.8 Å². The number of likely N-dealkylation sites (tertiary alicyclic amines) is 1. The van der Waals surface area contributed by atoms with E-state index in [-0.39, 0.29) is 35.5 Å². The summed E-state index contributed by atoms with van der Waals surface area (Å²) < 4.78 is 39.6. The molecule has 0 unspecified atom stereocenters. The maximum absolute atomic E-state index is 13.7. The number of alkyl halides is 3. The van der Waals surface area contributed by atoms with E-state index in [1.54, 1.807) is 41.3 Å². The average Bonchev–Trinajstić information content (AvgIpc) is 3.17. The minimum atomic E-state index is -4.50. The van der Waals surface area contributed by atoms with Crippen LogP contribution in [0.25, 0.3) is 11.3 Å². The third kappa shape index (κ3) is 9.39. The second-order valence-electron chi connectivity index (χ2n) is 13.4. The molecule has 6 rings (SSSR count). The topological polar surface area (TPSA) is 124 Å². The number of carbonyl (C=O) groups excluding carboxylic acids is 4. The molecule has 276 valence electrons. The first-order valence-corrected chi connectivity index (χ1v) is 17.7. The van der Waals surface area contributed by atoms with Crippen LogP contribution in [0.4, 0.5) is 24.5 Å². The highest BCUT2D eigenvalue weighted by atomic mass is 19.4. The maximum atomic E-state index is 13.7. The van der Waals surface area contributed by atoms with Crippen molar-refractivity contribution in [1.82, 2.24) is 20.5 Å². The molecule has 10 nitrogen and oxygen atoms in total. The Hall–Kier alpha value is -5.72. The lowest BCUT2D eigenvalue weighted by atomic mass is 10.0. The smallest absolute Gasteiger partial charge is 0.372 e. The Morgan fingerprint density at radius 3 is 2.25 bits per heavy atom. The molecule has 4 amide bonds. The average molecular weight is 727 g/mol. The normalized spacial score (nSPS) is 15.1. The van der Waals surface area contributed by atoms with Gasteiger partial charge in [0.05, 0.1) is 16.9 Å². The fraction of sp³-hybridized carbons (Fsp3) is 0.325. The van der Waals surface area contributed by atoms with Crippen LogP contribution in [0.1, 0.15) is 81.2 Å². The minimum Gasteiger partial charge on any atom is -0.372 e. The van der Waals surface area contributed by atoms with Gasteiger partial charge in [-0.2, -0.15) is 13.2 Å². The molecule has 0 spiro atoms. The molecule has 3 aromatic carbocycles. The summed E-state index contributed by atoms with van der Waals surface area (Å²) in [5.41, 5.74) is 2.79. The van der Waals surface area contributed by atoms with Crippen LogP contribution in [0.5, 0.6) is 0 Å². The maximum Gasteiger partial charge on any atom is 0.416 e.